The molecule has 0 saturated heterocycles. The van der Waals surface area contributed by atoms with Gasteiger partial charge in [-0.15, -0.1) is 0 Å². The van der Waals surface area contributed by atoms with Gasteiger partial charge in [-0.3, -0.25) is 4.98 Å². The van der Waals surface area contributed by atoms with Gasteiger partial charge in [-0.05, 0) is 24.3 Å². The minimum Gasteiger partial charge on any atom is -0.478 e. The zero-order valence-corrected chi connectivity index (χ0v) is 10.8. The number of nitrogen functional groups attached to an aromatic ring is 1. The lowest BCUT2D eigenvalue weighted by molar-refractivity contribution is 0.399. The summed E-state index contributed by atoms with van der Waals surface area (Å²) in [6, 6.07) is 7.27. The molecule has 0 spiro atoms. The molecule has 0 bridgehead atoms. The first-order chi connectivity index (χ1) is 9.79. The Morgan fingerprint density at radius 2 is 1.90 bits per heavy atom. The summed E-state index contributed by atoms with van der Waals surface area (Å²) in [4.78, 5) is 12.8. The van der Waals surface area contributed by atoms with Crippen molar-refractivity contribution in [2.75, 3.05) is 12.8 Å². The average molecular weight is 268 g/mol. The summed E-state index contributed by atoms with van der Waals surface area (Å²) in [6.07, 6.45) is 4.95. The molecule has 0 aliphatic rings. The Kier molecular flexibility index (Phi) is 3.04. The van der Waals surface area contributed by atoms with Crippen LogP contribution in [-0.4, -0.2) is 22.1 Å². The molecule has 2 N–H and O–H groups in total. The molecule has 6 nitrogen and oxygen atoms in total. The predicted octanol–water partition coefficient (Wildman–Crippen LogP) is 2.39. The summed E-state index contributed by atoms with van der Waals surface area (Å²) >= 11 is 0. The molecule has 100 valence electrons. The fourth-order valence-electron chi connectivity index (χ4n) is 1.88. The molecule has 3 rings (SSSR count). The van der Waals surface area contributed by atoms with Gasteiger partial charge in [0.2, 0.25) is 0 Å². The highest BCUT2D eigenvalue weighted by Gasteiger charge is 2.17. The van der Waals surface area contributed by atoms with E-state index < -0.39 is 0 Å². The molecule has 3 aromatic heterocycles. The van der Waals surface area contributed by atoms with Crippen molar-refractivity contribution in [2.45, 2.75) is 0 Å². The van der Waals surface area contributed by atoms with Crippen LogP contribution in [0, 0.1) is 0 Å². The number of hydrogen-bond acceptors (Lipinski definition) is 6. The molecular formula is C14H12N4O2. The molecule has 3 heterocycles. The van der Waals surface area contributed by atoms with E-state index in [0.717, 1.165) is 5.56 Å². The fraction of sp³-hybridized carbons (Fsp3) is 0.0714. The minimum atomic E-state index is 0.219. The number of anilines is 1. The van der Waals surface area contributed by atoms with Crippen LogP contribution in [0.4, 0.5) is 5.82 Å². The molecule has 0 aromatic carbocycles. The first kappa shape index (κ1) is 12.2. The van der Waals surface area contributed by atoms with Crippen LogP contribution in [0.25, 0.3) is 22.7 Å². The molecule has 0 unspecified atom stereocenters. The summed E-state index contributed by atoms with van der Waals surface area (Å²) in [5.41, 5.74) is 7.89. The van der Waals surface area contributed by atoms with Gasteiger partial charge in [0.15, 0.2) is 11.6 Å². The fourth-order valence-corrected chi connectivity index (χ4v) is 1.88. The first-order valence-electron chi connectivity index (χ1n) is 5.95. The van der Waals surface area contributed by atoms with E-state index in [-0.39, 0.29) is 11.7 Å². The third-order valence-electron chi connectivity index (χ3n) is 2.79. The van der Waals surface area contributed by atoms with Crippen molar-refractivity contribution in [1.82, 2.24) is 15.0 Å². The Morgan fingerprint density at radius 3 is 2.55 bits per heavy atom. The van der Waals surface area contributed by atoms with Crippen LogP contribution < -0.4 is 10.5 Å². The lowest BCUT2D eigenvalue weighted by Gasteiger charge is -2.10. The molecule has 6 heteroatoms. The number of furan rings is 1. The minimum absolute atomic E-state index is 0.219. The number of hydrogen-bond donors (Lipinski definition) is 1. The second-order valence-electron chi connectivity index (χ2n) is 4.03. The standard InChI is InChI=1S/C14H12N4O2/c1-19-14-13(15)17-12(10-3-2-8-20-10)11(18-14)9-4-6-16-7-5-9/h2-8H,1H3,(H2,15,17). The van der Waals surface area contributed by atoms with Crippen LogP contribution >= 0.6 is 0 Å². The Hall–Kier alpha value is -2.89. The zero-order valence-electron chi connectivity index (χ0n) is 10.8. The van der Waals surface area contributed by atoms with Crippen molar-refractivity contribution in [3.05, 3.63) is 42.9 Å². The number of ether oxygens (including phenoxy) is 1. The van der Waals surface area contributed by atoms with Gasteiger partial charge >= 0.3 is 0 Å². The maximum absolute atomic E-state index is 5.83. The van der Waals surface area contributed by atoms with Crippen LogP contribution in [0.1, 0.15) is 0 Å². The summed E-state index contributed by atoms with van der Waals surface area (Å²) in [5, 5.41) is 0. The topological polar surface area (TPSA) is 87.1 Å². The van der Waals surface area contributed by atoms with Crippen LogP contribution in [0.5, 0.6) is 5.88 Å². The van der Waals surface area contributed by atoms with Crippen LogP contribution in [0.3, 0.4) is 0 Å². The quantitative estimate of drug-likeness (QED) is 0.784. The van der Waals surface area contributed by atoms with E-state index in [2.05, 4.69) is 15.0 Å². The molecule has 0 fully saturated rings. The van der Waals surface area contributed by atoms with E-state index >= 15 is 0 Å². The smallest absolute Gasteiger partial charge is 0.257 e. The largest absolute Gasteiger partial charge is 0.478 e. The monoisotopic (exact) mass is 268 g/mol. The average Bonchev–Trinajstić information content (AvgIpc) is 3.02. The Morgan fingerprint density at radius 1 is 1.10 bits per heavy atom. The normalized spacial score (nSPS) is 10.4. The van der Waals surface area contributed by atoms with Crippen molar-refractivity contribution >= 4 is 5.82 Å². The van der Waals surface area contributed by atoms with Crippen LogP contribution in [-0.2, 0) is 0 Å². The predicted molar refractivity (Wildman–Crippen MR) is 73.9 cm³/mol. The molecule has 3 aromatic rings. The third-order valence-corrected chi connectivity index (χ3v) is 2.79. The molecule has 0 atom stereocenters. The molecular weight excluding hydrogens is 256 g/mol. The van der Waals surface area contributed by atoms with Gasteiger partial charge in [0.1, 0.15) is 11.4 Å². The van der Waals surface area contributed by atoms with Crippen molar-refractivity contribution in [3.8, 4) is 28.6 Å². The molecule has 0 aliphatic carbocycles. The Balaban J connectivity index is 2.25. The molecule has 0 amide bonds. The van der Waals surface area contributed by atoms with Crippen molar-refractivity contribution in [1.29, 1.82) is 0 Å². The summed E-state index contributed by atoms with van der Waals surface area (Å²) in [6.45, 7) is 0. The maximum Gasteiger partial charge on any atom is 0.257 e. The maximum atomic E-state index is 5.83. The Bertz CT molecular complexity index is 712. The van der Waals surface area contributed by atoms with Gasteiger partial charge in [0.25, 0.3) is 5.88 Å². The van der Waals surface area contributed by atoms with Crippen molar-refractivity contribution in [3.63, 3.8) is 0 Å². The van der Waals surface area contributed by atoms with E-state index in [9.17, 15) is 0 Å². The number of pyridine rings is 1. The number of rotatable bonds is 3. The third kappa shape index (κ3) is 2.07. The second kappa shape index (κ2) is 5.00. The van der Waals surface area contributed by atoms with Crippen molar-refractivity contribution < 1.29 is 9.15 Å². The van der Waals surface area contributed by atoms with Crippen LogP contribution in [0.2, 0.25) is 0 Å². The lowest BCUT2D eigenvalue weighted by Crippen LogP contribution is -2.02. The van der Waals surface area contributed by atoms with Gasteiger partial charge in [0, 0.05) is 18.0 Å². The molecule has 0 aliphatic heterocycles. The van der Waals surface area contributed by atoms with Gasteiger partial charge in [-0.25, -0.2) is 9.97 Å². The highest BCUT2D eigenvalue weighted by molar-refractivity contribution is 5.77. The SMILES string of the molecule is COc1nc(-c2ccncc2)c(-c2ccco2)nc1N. The van der Waals surface area contributed by atoms with Crippen molar-refractivity contribution in [2.24, 2.45) is 0 Å². The highest BCUT2D eigenvalue weighted by Crippen LogP contribution is 2.32. The lowest BCUT2D eigenvalue weighted by atomic mass is 10.1. The highest BCUT2D eigenvalue weighted by atomic mass is 16.5. The molecule has 0 saturated carbocycles. The van der Waals surface area contributed by atoms with E-state index in [1.54, 1.807) is 30.8 Å². The Labute approximate surface area is 115 Å². The summed E-state index contributed by atoms with van der Waals surface area (Å²) in [7, 11) is 1.50. The number of methoxy groups -OCH3 is 1. The summed E-state index contributed by atoms with van der Waals surface area (Å²) < 4.78 is 10.5. The number of nitrogens with zero attached hydrogens (tertiary/aromatic N) is 3. The van der Waals surface area contributed by atoms with E-state index in [0.29, 0.717) is 17.1 Å². The van der Waals surface area contributed by atoms with Gasteiger partial charge < -0.3 is 14.9 Å². The summed E-state index contributed by atoms with van der Waals surface area (Å²) in [5.74, 6) is 1.10. The van der Waals surface area contributed by atoms with E-state index in [1.807, 2.05) is 12.1 Å². The van der Waals surface area contributed by atoms with Gasteiger partial charge in [-0.1, -0.05) is 0 Å². The molecule has 0 radical (unpaired) electrons. The van der Waals surface area contributed by atoms with E-state index in [4.69, 9.17) is 14.9 Å². The number of nitrogens with two attached hydrogens (primary N) is 1. The zero-order chi connectivity index (χ0) is 13.9. The first-order valence-corrected chi connectivity index (χ1v) is 5.95. The van der Waals surface area contributed by atoms with Gasteiger partial charge in [0.05, 0.1) is 13.4 Å². The van der Waals surface area contributed by atoms with E-state index in [1.165, 1.54) is 7.11 Å². The van der Waals surface area contributed by atoms with Crippen LogP contribution in [0.15, 0.2) is 47.3 Å². The number of aromatic nitrogens is 3. The second-order valence-corrected chi connectivity index (χ2v) is 4.03. The molecule has 20 heavy (non-hydrogen) atoms. The van der Waals surface area contributed by atoms with Gasteiger partial charge in [-0.2, -0.15) is 0 Å².